The van der Waals surface area contributed by atoms with E-state index in [1.54, 1.807) is 20.3 Å². The summed E-state index contributed by atoms with van der Waals surface area (Å²) in [6, 6.07) is 16.3. The summed E-state index contributed by atoms with van der Waals surface area (Å²) in [5, 5.41) is 4.04. The van der Waals surface area contributed by atoms with Crippen LogP contribution in [0.5, 0.6) is 0 Å². The summed E-state index contributed by atoms with van der Waals surface area (Å²) in [4.78, 5) is 46.0. The number of aromatic amines is 1. The van der Waals surface area contributed by atoms with E-state index in [1.807, 2.05) is 36.7 Å². The van der Waals surface area contributed by atoms with Crippen molar-refractivity contribution in [3.63, 3.8) is 0 Å². The SMILES string of the molecule is CN1CCCC1c1cc2cnc(NC(=O)c3ccc(N4CCN(CC5CCN(c6ccc(C=O)nc6)CC5)CC4)cc3)cc2[nH]1.COC. The van der Waals surface area contributed by atoms with Crippen LogP contribution < -0.4 is 15.1 Å². The summed E-state index contributed by atoms with van der Waals surface area (Å²) in [6.07, 6.45) is 9.16. The summed E-state index contributed by atoms with van der Waals surface area (Å²) < 4.78 is 4.25. The fourth-order valence-corrected chi connectivity index (χ4v) is 7.19. The monoisotopic (exact) mass is 652 g/mol. The zero-order valence-electron chi connectivity index (χ0n) is 28.4. The Balaban J connectivity index is 0.00000129. The molecule has 0 bridgehead atoms. The third kappa shape index (κ3) is 8.03. The number of benzene rings is 1. The third-order valence-electron chi connectivity index (χ3n) is 9.90. The number of anilines is 3. The molecule has 3 aliphatic heterocycles. The number of nitrogens with one attached hydrogen (secondary N) is 2. The van der Waals surface area contributed by atoms with E-state index in [0.717, 1.165) is 87.3 Å². The highest BCUT2D eigenvalue weighted by molar-refractivity contribution is 6.04. The Hall–Kier alpha value is -4.32. The Labute approximate surface area is 283 Å². The molecular formula is C37H48N8O3. The van der Waals surface area contributed by atoms with Crippen LogP contribution in [0, 0.1) is 5.92 Å². The third-order valence-corrected chi connectivity index (χ3v) is 9.90. The Morgan fingerprint density at radius 3 is 2.25 bits per heavy atom. The number of rotatable bonds is 8. The summed E-state index contributed by atoms with van der Waals surface area (Å²) in [5.74, 6) is 1.11. The van der Waals surface area contributed by atoms with E-state index >= 15 is 0 Å². The zero-order chi connectivity index (χ0) is 33.5. The van der Waals surface area contributed by atoms with Crippen LogP contribution in [0.1, 0.15) is 58.3 Å². The molecule has 11 heteroatoms. The van der Waals surface area contributed by atoms with Crippen molar-refractivity contribution in [3.8, 4) is 0 Å². The van der Waals surface area contributed by atoms with Gasteiger partial charge in [-0.2, -0.15) is 0 Å². The predicted molar refractivity (Wildman–Crippen MR) is 191 cm³/mol. The number of ether oxygens (including phenoxy) is 1. The summed E-state index contributed by atoms with van der Waals surface area (Å²) in [5.41, 5.74) is 5.58. The fraction of sp³-hybridized carbons (Fsp3) is 0.459. The van der Waals surface area contributed by atoms with Gasteiger partial charge in [0.2, 0.25) is 0 Å². The van der Waals surface area contributed by atoms with Gasteiger partial charge in [-0.1, -0.05) is 0 Å². The maximum absolute atomic E-state index is 13.0. The van der Waals surface area contributed by atoms with Gasteiger partial charge in [0, 0.05) is 101 Å². The highest BCUT2D eigenvalue weighted by atomic mass is 16.4. The van der Waals surface area contributed by atoms with Gasteiger partial charge < -0.3 is 24.8 Å². The Morgan fingerprint density at radius 2 is 1.60 bits per heavy atom. The zero-order valence-corrected chi connectivity index (χ0v) is 28.4. The van der Waals surface area contributed by atoms with Gasteiger partial charge in [0.05, 0.1) is 17.4 Å². The lowest BCUT2D eigenvalue weighted by Gasteiger charge is -2.40. The van der Waals surface area contributed by atoms with Crippen LogP contribution in [0.3, 0.4) is 0 Å². The second kappa shape index (κ2) is 15.7. The summed E-state index contributed by atoms with van der Waals surface area (Å²) in [6.45, 7) is 8.39. The number of fused-ring (bicyclic) bond motifs is 1. The second-order valence-electron chi connectivity index (χ2n) is 13.2. The molecule has 6 heterocycles. The molecule has 3 saturated heterocycles. The maximum Gasteiger partial charge on any atom is 0.256 e. The second-order valence-corrected chi connectivity index (χ2v) is 13.2. The Bertz CT molecular complexity index is 1640. The molecular weight excluding hydrogens is 604 g/mol. The predicted octanol–water partition coefficient (Wildman–Crippen LogP) is 5.09. The molecule has 0 saturated carbocycles. The molecule has 1 amide bonds. The number of carbonyl (C=O) groups is 2. The molecule has 3 aromatic heterocycles. The van der Waals surface area contributed by atoms with Crippen LogP contribution in [0.2, 0.25) is 0 Å². The van der Waals surface area contributed by atoms with Gasteiger partial charge in [0.1, 0.15) is 11.5 Å². The highest BCUT2D eigenvalue weighted by Gasteiger charge is 2.26. The van der Waals surface area contributed by atoms with Gasteiger partial charge in [-0.15, -0.1) is 0 Å². The summed E-state index contributed by atoms with van der Waals surface area (Å²) in [7, 11) is 5.42. The van der Waals surface area contributed by atoms with E-state index in [2.05, 4.69) is 69.9 Å². The number of amides is 1. The topological polar surface area (TPSA) is 110 Å². The minimum Gasteiger partial charge on any atom is -0.388 e. The maximum atomic E-state index is 13.0. The lowest BCUT2D eigenvalue weighted by Crippen LogP contribution is -2.49. The van der Waals surface area contributed by atoms with E-state index in [-0.39, 0.29) is 5.91 Å². The van der Waals surface area contributed by atoms with E-state index in [0.29, 0.717) is 29.0 Å². The number of aldehydes is 1. The minimum atomic E-state index is -0.152. The Kier molecular flexibility index (Phi) is 11.0. The average Bonchev–Trinajstić information content (AvgIpc) is 3.75. The number of methoxy groups -OCH3 is 1. The molecule has 1 unspecified atom stereocenters. The van der Waals surface area contributed by atoms with E-state index in [9.17, 15) is 9.59 Å². The van der Waals surface area contributed by atoms with Crippen molar-refractivity contribution in [1.82, 2.24) is 24.8 Å². The van der Waals surface area contributed by atoms with Gasteiger partial charge in [-0.25, -0.2) is 4.98 Å². The first kappa shape index (κ1) is 33.6. The smallest absolute Gasteiger partial charge is 0.256 e. The largest absolute Gasteiger partial charge is 0.388 e. The molecule has 7 rings (SSSR count). The first-order valence-corrected chi connectivity index (χ1v) is 17.1. The van der Waals surface area contributed by atoms with E-state index in [1.165, 1.54) is 25.0 Å². The number of H-pyrrole nitrogens is 1. The molecule has 3 aliphatic rings. The number of piperazine rings is 1. The first-order chi connectivity index (χ1) is 23.4. The lowest BCUT2D eigenvalue weighted by molar-refractivity contribution is 0.102. The Morgan fingerprint density at radius 1 is 0.896 bits per heavy atom. The molecule has 0 aliphatic carbocycles. The number of hydrogen-bond acceptors (Lipinski definition) is 9. The van der Waals surface area contributed by atoms with Crippen LogP contribution in [0.25, 0.3) is 10.9 Å². The molecule has 254 valence electrons. The number of piperidine rings is 1. The van der Waals surface area contributed by atoms with E-state index in [4.69, 9.17) is 0 Å². The molecule has 1 atom stereocenters. The van der Waals surface area contributed by atoms with Crippen LogP contribution >= 0.6 is 0 Å². The molecule has 1 aromatic carbocycles. The van der Waals surface area contributed by atoms with Crippen LogP contribution in [-0.2, 0) is 4.74 Å². The first-order valence-electron chi connectivity index (χ1n) is 17.1. The molecule has 0 spiro atoms. The van der Waals surface area contributed by atoms with Gasteiger partial charge in [-0.05, 0) is 87.7 Å². The van der Waals surface area contributed by atoms with Crippen molar-refractivity contribution in [1.29, 1.82) is 0 Å². The van der Waals surface area contributed by atoms with Crippen LogP contribution in [0.15, 0.2) is 60.9 Å². The molecule has 3 fully saturated rings. The minimum absolute atomic E-state index is 0.152. The number of hydrogen-bond donors (Lipinski definition) is 2. The van der Waals surface area contributed by atoms with Crippen LogP contribution in [-0.4, -0.2) is 111 Å². The van der Waals surface area contributed by atoms with Crippen molar-refractivity contribution in [2.75, 3.05) is 88.7 Å². The molecule has 0 radical (unpaired) electrons. The number of pyridine rings is 2. The van der Waals surface area contributed by atoms with Crippen molar-refractivity contribution < 1.29 is 14.3 Å². The average molecular weight is 653 g/mol. The number of nitrogens with zero attached hydrogens (tertiary/aromatic N) is 6. The molecule has 48 heavy (non-hydrogen) atoms. The van der Waals surface area contributed by atoms with Crippen molar-refractivity contribution in [2.45, 2.75) is 31.7 Å². The van der Waals surface area contributed by atoms with Crippen molar-refractivity contribution in [3.05, 3.63) is 77.9 Å². The molecule has 4 aromatic rings. The standard InChI is InChI=1S/C35H42N8O2.C2H6O/c1-40-12-2-3-33(40)32-19-27-21-37-34(20-31(27)38-32)39-35(45)26-4-7-29(8-5-26)43-17-15-41(16-18-43)23-25-10-13-42(14-11-25)30-9-6-28(24-44)36-22-30;1-3-2/h4-9,19-22,24-25,33,38H,2-3,10-18,23H2,1H3,(H,37,39,45);1-2H3. The molecule has 2 N–H and O–H groups in total. The van der Waals surface area contributed by atoms with Crippen molar-refractivity contribution >= 4 is 40.3 Å². The van der Waals surface area contributed by atoms with Gasteiger partial charge in [0.15, 0.2) is 6.29 Å². The number of carbonyl (C=O) groups excluding carboxylic acids is 2. The van der Waals surface area contributed by atoms with Crippen LogP contribution in [0.4, 0.5) is 17.2 Å². The molecule has 11 nitrogen and oxygen atoms in total. The van der Waals surface area contributed by atoms with Gasteiger partial charge in [0.25, 0.3) is 5.91 Å². The number of aromatic nitrogens is 3. The summed E-state index contributed by atoms with van der Waals surface area (Å²) >= 11 is 0. The number of likely N-dealkylation sites (tertiary alicyclic amines) is 1. The van der Waals surface area contributed by atoms with Crippen molar-refractivity contribution in [2.24, 2.45) is 5.92 Å². The van der Waals surface area contributed by atoms with Gasteiger partial charge in [-0.3, -0.25) is 24.4 Å². The van der Waals surface area contributed by atoms with Gasteiger partial charge >= 0.3 is 0 Å². The van der Waals surface area contributed by atoms with E-state index < -0.39 is 0 Å². The fourth-order valence-electron chi connectivity index (χ4n) is 7.19. The quantitative estimate of drug-likeness (QED) is 0.252. The lowest BCUT2D eigenvalue weighted by atomic mass is 9.95. The highest BCUT2D eigenvalue weighted by Crippen LogP contribution is 2.32. The normalized spacial score (nSPS) is 19.3.